The fourth-order valence-electron chi connectivity index (χ4n) is 0.888. The maximum atomic E-state index is 11.1. The minimum atomic E-state index is -0.0738. The van der Waals surface area contributed by atoms with Crippen LogP contribution in [0.4, 0.5) is 0 Å². The van der Waals surface area contributed by atoms with Crippen LogP contribution in [-0.2, 0) is 4.79 Å². The third kappa shape index (κ3) is 4.13. The first-order valence-corrected chi connectivity index (χ1v) is 4.28. The summed E-state index contributed by atoms with van der Waals surface area (Å²) >= 11 is 0. The van der Waals surface area contributed by atoms with Crippen molar-refractivity contribution in [1.82, 2.24) is 5.32 Å². The lowest BCUT2D eigenvalue weighted by molar-refractivity contribution is -0.118. The number of carbonyl (C=O) groups excluding carboxylic acids is 1. The maximum Gasteiger partial charge on any atom is 0.246 e. The number of rotatable bonds is 5. The van der Waals surface area contributed by atoms with Crippen molar-refractivity contribution in [2.75, 3.05) is 6.54 Å². The van der Waals surface area contributed by atoms with Gasteiger partial charge in [0.2, 0.25) is 5.91 Å². The molecule has 0 aliphatic carbocycles. The molecule has 1 atom stereocenters. The number of hydrogen-bond acceptors (Lipinski definition) is 2. The number of amides is 1. The molecule has 0 bridgehead atoms. The highest BCUT2D eigenvalue weighted by molar-refractivity contribution is 5.92. The maximum absolute atomic E-state index is 11.1. The molecule has 0 saturated heterocycles. The van der Waals surface area contributed by atoms with Gasteiger partial charge < -0.3 is 11.1 Å². The van der Waals surface area contributed by atoms with Crippen molar-refractivity contribution in [3.63, 3.8) is 0 Å². The highest BCUT2D eigenvalue weighted by Crippen LogP contribution is 1.97. The van der Waals surface area contributed by atoms with E-state index in [0.29, 0.717) is 12.1 Å². The molecule has 3 heteroatoms. The zero-order valence-electron chi connectivity index (χ0n) is 7.89. The molecule has 0 radical (unpaired) electrons. The summed E-state index contributed by atoms with van der Waals surface area (Å²) in [6.07, 6.45) is 1.74. The molecular formula is C9H18N2O. The summed E-state index contributed by atoms with van der Waals surface area (Å²) in [5.41, 5.74) is 5.93. The molecule has 0 heterocycles. The fraction of sp³-hybridized carbons (Fsp3) is 0.667. The van der Waals surface area contributed by atoms with E-state index in [2.05, 4.69) is 11.9 Å². The van der Waals surface area contributed by atoms with Crippen molar-refractivity contribution in [1.29, 1.82) is 0 Å². The molecule has 0 fully saturated rings. The third-order valence-corrected chi connectivity index (χ3v) is 1.73. The Morgan fingerprint density at radius 2 is 2.25 bits per heavy atom. The van der Waals surface area contributed by atoms with Gasteiger partial charge in [0.15, 0.2) is 0 Å². The molecule has 0 spiro atoms. The highest BCUT2D eigenvalue weighted by atomic mass is 16.1. The van der Waals surface area contributed by atoms with Gasteiger partial charge in [-0.15, -0.1) is 0 Å². The van der Waals surface area contributed by atoms with Crippen molar-refractivity contribution in [2.24, 2.45) is 5.73 Å². The average molecular weight is 170 g/mol. The second-order valence-corrected chi connectivity index (χ2v) is 2.94. The monoisotopic (exact) mass is 170 g/mol. The van der Waals surface area contributed by atoms with Gasteiger partial charge in [0.05, 0.1) is 0 Å². The minimum Gasteiger partial charge on any atom is -0.350 e. The van der Waals surface area contributed by atoms with Crippen LogP contribution >= 0.6 is 0 Å². The van der Waals surface area contributed by atoms with Crippen LogP contribution in [0.2, 0.25) is 0 Å². The van der Waals surface area contributed by atoms with Crippen molar-refractivity contribution in [3.8, 4) is 0 Å². The van der Waals surface area contributed by atoms with Gasteiger partial charge in [-0.25, -0.2) is 0 Å². The lowest BCUT2D eigenvalue weighted by Gasteiger charge is -2.15. The van der Waals surface area contributed by atoms with E-state index in [1.54, 1.807) is 6.92 Å². The third-order valence-electron chi connectivity index (χ3n) is 1.73. The second kappa shape index (κ2) is 5.77. The van der Waals surface area contributed by atoms with Crippen molar-refractivity contribution in [2.45, 2.75) is 32.7 Å². The molecule has 0 rings (SSSR count). The molecule has 1 unspecified atom stereocenters. The van der Waals surface area contributed by atoms with Crippen LogP contribution in [-0.4, -0.2) is 18.5 Å². The summed E-state index contributed by atoms with van der Waals surface area (Å²) in [5, 5.41) is 2.85. The lowest BCUT2D eigenvalue weighted by Crippen LogP contribution is -2.36. The van der Waals surface area contributed by atoms with Crippen molar-refractivity contribution >= 4 is 5.91 Å². The Kier molecular flexibility index (Phi) is 5.37. The van der Waals surface area contributed by atoms with Gasteiger partial charge in [-0.1, -0.05) is 13.5 Å². The second-order valence-electron chi connectivity index (χ2n) is 2.94. The van der Waals surface area contributed by atoms with Crippen LogP contribution in [0.1, 0.15) is 26.7 Å². The first kappa shape index (κ1) is 11.2. The smallest absolute Gasteiger partial charge is 0.246 e. The Morgan fingerprint density at radius 1 is 1.67 bits per heavy atom. The number of carbonyl (C=O) groups is 1. The molecular weight excluding hydrogens is 152 g/mol. The van der Waals surface area contributed by atoms with Gasteiger partial charge in [-0.2, -0.15) is 0 Å². The normalized spacial score (nSPS) is 12.2. The standard InChI is InChI=1S/C9H18N2O/c1-4-8(5-6-10)11-9(12)7(2)3/h8H,2,4-6,10H2,1,3H3,(H,11,12). The van der Waals surface area contributed by atoms with Crippen LogP contribution in [0.5, 0.6) is 0 Å². The lowest BCUT2D eigenvalue weighted by atomic mass is 10.1. The van der Waals surface area contributed by atoms with Gasteiger partial charge in [-0.3, -0.25) is 4.79 Å². The topological polar surface area (TPSA) is 55.1 Å². The first-order chi connectivity index (χ1) is 5.61. The Labute approximate surface area is 74.0 Å². The molecule has 0 aromatic rings. The summed E-state index contributed by atoms with van der Waals surface area (Å²) in [7, 11) is 0. The molecule has 0 aliphatic heterocycles. The number of hydrogen-bond donors (Lipinski definition) is 2. The Morgan fingerprint density at radius 3 is 2.58 bits per heavy atom. The van der Waals surface area contributed by atoms with Gasteiger partial charge in [0, 0.05) is 11.6 Å². The SMILES string of the molecule is C=C(C)C(=O)NC(CC)CCN. The van der Waals surface area contributed by atoms with E-state index in [1.165, 1.54) is 0 Å². The molecule has 3 N–H and O–H groups in total. The average Bonchev–Trinajstić information content (AvgIpc) is 2.03. The van der Waals surface area contributed by atoms with Crippen molar-refractivity contribution in [3.05, 3.63) is 12.2 Å². The molecule has 70 valence electrons. The summed E-state index contributed by atoms with van der Waals surface area (Å²) in [6.45, 7) is 7.89. The van der Waals surface area contributed by atoms with Crippen LogP contribution in [0.15, 0.2) is 12.2 Å². The van der Waals surface area contributed by atoms with Crippen LogP contribution in [0.3, 0.4) is 0 Å². The van der Waals surface area contributed by atoms with E-state index in [0.717, 1.165) is 12.8 Å². The van der Waals surface area contributed by atoms with Gasteiger partial charge in [0.1, 0.15) is 0 Å². The molecule has 0 aromatic carbocycles. The predicted molar refractivity (Wildman–Crippen MR) is 50.7 cm³/mol. The molecule has 0 aromatic heterocycles. The van der Waals surface area contributed by atoms with Crippen molar-refractivity contribution < 1.29 is 4.79 Å². The summed E-state index contributed by atoms with van der Waals surface area (Å²) in [5.74, 6) is -0.0738. The quantitative estimate of drug-likeness (QED) is 0.600. The molecule has 3 nitrogen and oxygen atoms in total. The number of nitrogens with one attached hydrogen (secondary N) is 1. The van der Waals surface area contributed by atoms with Gasteiger partial charge in [0.25, 0.3) is 0 Å². The van der Waals surface area contributed by atoms with E-state index in [-0.39, 0.29) is 11.9 Å². The largest absolute Gasteiger partial charge is 0.350 e. The molecule has 0 aliphatic rings. The molecule has 1 amide bonds. The zero-order chi connectivity index (χ0) is 9.56. The van der Waals surface area contributed by atoms with E-state index < -0.39 is 0 Å². The van der Waals surface area contributed by atoms with Gasteiger partial charge >= 0.3 is 0 Å². The minimum absolute atomic E-state index is 0.0738. The highest BCUT2D eigenvalue weighted by Gasteiger charge is 2.08. The Balaban J connectivity index is 3.85. The molecule has 12 heavy (non-hydrogen) atoms. The first-order valence-electron chi connectivity index (χ1n) is 4.28. The van der Waals surface area contributed by atoms with E-state index in [1.807, 2.05) is 6.92 Å². The van der Waals surface area contributed by atoms with E-state index >= 15 is 0 Å². The van der Waals surface area contributed by atoms with Gasteiger partial charge in [-0.05, 0) is 26.3 Å². The van der Waals surface area contributed by atoms with Crippen LogP contribution in [0, 0.1) is 0 Å². The van der Waals surface area contributed by atoms with E-state index in [4.69, 9.17) is 5.73 Å². The summed E-state index contributed by atoms with van der Waals surface area (Å²) < 4.78 is 0. The summed E-state index contributed by atoms with van der Waals surface area (Å²) in [6, 6.07) is 0.194. The Bertz CT molecular complexity index is 166. The van der Waals surface area contributed by atoms with E-state index in [9.17, 15) is 4.79 Å². The Hall–Kier alpha value is -0.830. The fourth-order valence-corrected chi connectivity index (χ4v) is 0.888. The number of nitrogens with two attached hydrogens (primary N) is 1. The molecule has 0 saturated carbocycles. The van der Waals surface area contributed by atoms with Crippen LogP contribution in [0.25, 0.3) is 0 Å². The zero-order valence-corrected chi connectivity index (χ0v) is 7.89. The predicted octanol–water partition coefficient (Wildman–Crippen LogP) is 0.806. The van der Waals surface area contributed by atoms with Crippen LogP contribution < -0.4 is 11.1 Å². The summed E-state index contributed by atoms with van der Waals surface area (Å²) in [4.78, 5) is 11.1.